The maximum atomic E-state index is 12.6. The second-order valence-corrected chi connectivity index (χ2v) is 7.58. The predicted octanol–water partition coefficient (Wildman–Crippen LogP) is 2.97. The Labute approximate surface area is 166 Å². The summed E-state index contributed by atoms with van der Waals surface area (Å²) in [5.74, 6) is -0.491. The first-order valence-electron chi connectivity index (χ1n) is 9.17. The van der Waals surface area contributed by atoms with E-state index in [1.807, 2.05) is 35.7 Å². The third kappa shape index (κ3) is 4.12. The van der Waals surface area contributed by atoms with E-state index < -0.39 is 0 Å². The van der Waals surface area contributed by atoms with Crippen LogP contribution in [0.4, 0.5) is 0 Å². The van der Waals surface area contributed by atoms with Crippen LogP contribution in [0, 0.1) is 5.92 Å². The number of carbonyl (C=O) groups is 2. The van der Waals surface area contributed by atoms with E-state index in [2.05, 4.69) is 15.3 Å². The summed E-state index contributed by atoms with van der Waals surface area (Å²) in [4.78, 5) is 35.1. The molecule has 3 aromatic rings. The fraction of sp³-hybridized carbons (Fsp3) is 0.300. The molecule has 0 unspecified atom stereocenters. The summed E-state index contributed by atoms with van der Waals surface area (Å²) < 4.78 is 5.08. The fourth-order valence-corrected chi connectivity index (χ4v) is 4.02. The van der Waals surface area contributed by atoms with Gasteiger partial charge in [-0.05, 0) is 12.8 Å². The van der Waals surface area contributed by atoms with Crippen molar-refractivity contribution < 1.29 is 14.0 Å². The van der Waals surface area contributed by atoms with Crippen molar-refractivity contribution in [3.8, 4) is 11.3 Å². The van der Waals surface area contributed by atoms with Gasteiger partial charge in [0.05, 0.1) is 24.4 Å². The zero-order valence-corrected chi connectivity index (χ0v) is 16.0. The molecule has 2 aromatic heterocycles. The van der Waals surface area contributed by atoms with Crippen LogP contribution < -0.4 is 5.32 Å². The van der Waals surface area contributed by atoms with Crippen LogP contribution in [0.2, 0.25) is 0 Å². The number of rotatable bonds is 5. The highest BCUT2D eigenvalue weighted by Crippen LogP contribution is 2.22. The van der Waals surface area contributed by atoms with Crippen molar-refractivity contribution in [2.75, 3.05) is 13.1 Å². The van der Waals surface area contributed by atoms with Crippen LogP contribution in [0.15, 0.2) is 52.6 Å². The number of oxazole rings is 1. The zero-order valence-electron chi connectivity index (χ0n) is 15.2. The molecule has 4 rings (SSSR count). The molecule has 1 fully saturated rings. The Morgan fingerprint density at radius 2 is 2.14 bits per heavy atom. The van der Waals surface area contributed by atoms with Crippen molar-refractivity contribution >= 4 is 23.2 Å². The summed E-state index contributed by atoms with van der Waals surface area (Å²) in [5, 5.41) is 5.81. The second kappa shape index (κ2) is 8.35. The SMILES string of the molecule is O=C(NCc1nc(-c2ccccc2)cs1)[C@H]1CCCN(C(=O)c2ncco2)C1. The Balaban J connectivity index is 1.32. The number of aromatic nitrogens is 2. The van der Waals surface area contributed by atoms with E-state index in [0.29, 0.717) is 19.6 Å². The van der Waals surface area contributed by atoms with Gasteiger partial charge in [-0.3, -0.25) is 9.59 Å². The van der Waals surface area contributed by atoms with Crippen molar-refractivity contribution in [3.05, 3.63) is 59.1 Å². The van der Waals surface area contributed by atoms with E-state index in [1.165, 1.54) is 23.8 Å². The lowest BCUT2D eigenvalue weighted by molar-refractivity contribution is -0.126. The summed E-state index contributed by atoms with van der Waals surface area (Å²) >= 11 is 1.53. The van der Waals surface area contributed by atoms with Crippen molar-refractivity contribution in [1.29, 1.82) is 0 Å². The Kier molecular flexibility index (Phi) is 5.48. The lowest BCUT2D eigenvalue weighted by atomic mass is 9.97. The monoisotopic (exact) mass is 396 g/mol. The van der Waals surface area contributed by atoms with E-state index in [0.717, 1.165) is 29.1 Å². The van der Waals surface area contributed by atoms with Crippen LogP contribution in [0.5, 0.6) is 0 Å². The lowest BCUT2D eigenvalue weighted by Gasteiger charge is -2.31. The molecule has 1 saturated heterocycles. The minimum absolute atomic E-state index is 0.0543. The Morgan fingerprint density at radius 1 is 1.29 bits per heavy atom. The van der Waals surface area contributed by atoms with Crippen molar-refractivity contribution in [1.82, 2.24) is 20.2 Å². The number of hydrogen-bond acceptors (Lipinski definition) is 6. The molecule has 144 valence electrons. The molecule has 1 aliphatic heterocycles. The number of likely N-dealkylation sites (tertiary alicyclic amines) is 1. The highest BCUT2D eigenvalue weighted by Gasteiger charge is 2.30. The molecule has 1 aromatic carbocycles. The van der Waals surface area contributed by atoms with Crippen molar-refractivity contribution in [3.63, 3.8) is 0 Å². The molecule has 28 heavy (non-hydrogen) atoms. The van der Waals surface area contributed by atoms with Gasteiger partial charge in [-0.25, -0.2) is 9.97 Å². The topological polar surface area (TPSA) is 88.3 Å². The normalized spacial score (nSPS) is 16.7. The molecule has 1 N–H and O–H groups in total. The molecule has 0 radical (unpaired) electrons. The number of amides is 2. The molecular weight excluding hydrogens is 376 g/mol. The second-order valence-electron chi connectivity index (χ2n) is 6.64. The number of nitrogens with zero attached hydrogens (tertiary/aromatic N) is 3. The first-order valence-corrected chi connectivity index (χ1v) is 10.0. The van der Waals surface area contributed by atoms with E-state index in [9.17, 15) is 9.59 Å². The van der Waals surface area contributed by atoms with Gasteiger partial charge in [-0.15, -0.1) is 11.3 Å². The maximum absolute atomic E-state index is 12.6. The van der Waals surface area contributed by atoms with Crippen LogP contribution >= 0.6 is 11.3 Å². The van der Waals surface area contributed by atoms with E-state index in [-0.39, 0.29) is 23.6 Å². The minimum atomic E-state index is -0.269. The van der Waals surface area contributed by atoms with Gasteiger partial charge in [0.2, 0.25) is 5.91 Å². The van der Waals surface area contributed by atoms with Crippen LogP contribution in [-0.4, -0.2) is 39.8 Å². The lowest BCUT2D eigenvalue weighted by Crippen LogP contribution is -2.45. The Hall–Kier alpha value is -3.00. The summed E-state index contributed by atoms with van der Waals surface area (Å²) in [7, 11) is 0. The van der Waals surface area contributed by atoms with Crippen molar-refractivity contribution in [2.45, 2.75) is 19.4 Å². The number of hydrogen-bond donors (Lipinski definition) is 1. The minimum Gasteiger partial charge on any atom is -0.441 e. The molecule has 1 atom stereocenters. The smallest absolute Gasteiger partial charge is 0.309 e. The van der Waals surface area contributed by atoms with Gasteiger partial charge in [-0.2, -0.15) is 0 Å². The zero-order chi connectivity index (χ0) is 19.3. The third-order valence-electron chi connectivity index (χ3n) is 4.73. The average molecular weight is 396 g/mol. The molecule has 0 bridgehead atoms. The molecule has 8 heteroatoms. The summed E-state index contributed by atoms with van der Waals surface area (Å²) in [6.45, 7) is 1.37. The maximum Gasteiger partial charge on any atom is 0.309 e. The van der Waals surface area contributed by atoms with Crippen molar-refractivity contribution in [2.24, 2.45) is 5.92 Å². The summed E-state index contributed by atoms with van der Waals surface area (Å²) in [6, 6.07) is 9.95. The molecule has 0 spiro atoms. The number of nitrogens with one attached hydrogen (secondary N) is 1. The Morgan fingerprint density at radius 3 is 2.93 bits per heavy atom. The van der Waals surface area contributed by atoms with E-state index >= 15 is 0 Å². The van der Waals surface area contributed by atoms with Gasteiger partial charge in [0, 0.05) is 24.0 Å². The van der Waals surface area contributed by atoms with Gasteiger partial charge in [0.15, 0.2) is 0 Å². The molecule has 0 saturated carbocycles. The van der Waals surface area contributed by atoms with Gasteiger partial charge in [0.1, 0.15) is 11.3 Å². The van der Waals surface area contributed by atoms with Gasteiger partial charge in [0.25, 0.3) is 5.89 Å². The third-order valence-corrected chi connectivity index (χ3v) is 5.58. The van der Waals surface area contributed by atoms with Crippen LogP contribution in [0.1, 0.15) is 28.5 Å². The van der Waals surface area contributed by atoms with Gasteiger partial charge >= 0.3 is 5.91 Å². The highest BCUT2D eigenvalue weighted by molar-refractivity contribution is 7.09. The molecule has 7 nitrogen and oxygen atoms in total. The van der Waals surface area contributed by atoms with Crippen LogP contribution in [-0.2, 0) is 11.3 Å². The molecule has 0 aliphatic carbocycles. The van der Waals surface area contributed by atoms with E-state index in [4.69, 9.17) is 4.42 Å². The number of thiazole rings is 1. The summed E-state index contributed by atoms with van der Waals surface area (Å²) in [5.41, 5.74) is 1.97. The largest absolute Gasteiger partial charge is 0.441 e. The molecule has 1 aliphatic rings. The Bertz CT molecular complexity index is 940. The fourth-order valence-electron chi connectivity index (χ4n) is 3.28. The number of piperidine rings is 1. The highest BCUT2D eigenvalue weighted by atomic mass is 32.1. The summed E-state index contributed by atoms with van der Waals surface area (Å²) in [6.07, 6.45) is 4.35. The number of carbonyl (C=O) groups excluding carboxylic acids is 2. The van der Waals surface area contributed by atoms with Crippen LogP contribution in [0.3, 0.4) is 0 Å². The predicted molar refractivity (Wildman–Crippen MR) is 105 cm³/mol. The van der Waals surface area contributed by atoms with Gasteiger partial charge in [-0.1, -0.05) is 30.3 Å². The first kappa shape index (κ1) is 18.4. The molecule has 2 amide bonds. The standard InChI is InChI=1S/C20H20N4O3S/c25-18(15-7-4-9-24(12-15)20(26)19-21-8-10-27-19)22-11-17-23-16(13-28-17)14-5-2-1-3-6-14/h1-3,5-6,8,10,13,15H,4,7,9,11-12H2,(H,22,25)/t15-/m0/s1. The quantitative estimate of drug-likeness (QED) is 0.716. The number of benzene rings is 1. The van der Waals surface area contributed by atoms with E-state index in [1.54, 1.807) is 4.90 Å². The molecule has 3 heterocycles. The van der Waals surface area contributed by atoms with Gasteiger partial charge < -0.3 is 14.6 Å². The van der Waals surface area contributed by atoms with Crippen LogP contribution in [0.25, 0.3) is 11.3 Å². The first-order chi connectivity index (χ1) is 13.7. The molecular formula is C20H20N4O3S. The average Bonchev–Trinajstić information content (AvgIpc) is 3.44.